The topological polar surface area (TPSA) is 75.9 Å². The largest absolute Gasteiger partial charge is 0.497 e. The van der Waals surface area contributed by atoms with Gasteiger partial charge in [0.15, 0.2) is 0 Å². The Hall–Kier alpha value is -3.17. The molecule has 1 saturated heterocycles. The third kappa shape index (κ3) is 4.79. The maximum absolute atomic E-state index is 13.3. The van der Waals surface area contributed by atoms with Crippen LogP contribution in [-0.4, -0.2) is 44.7 Å². The lowest BCUT2D eigenvalue weighted by atomic mass is 10.1. The average Bonchev–Trinajstić information content (AvgIpc) is 3.08. The Morgan fingerprint density at radius 3 is 2.64 bits per heavy atom. The number of ether oxygens (including phenoxy) is 1. The van der Waals surface area contributed by atoms with Crippen LogP contribution in [0.5, 0.6) is 5.75 Å². The molecule has 1 aromatic carbocycles. The van der Waals surface area contributed by atoms with Crippen molar-refractivity contribution in [2.24, 2.45) is 0 Å². The molecule has 0 unspecified atom stereocenters. The first-order valence-electron chi connectivity index (χ1n) is 10.6. The highest BCUT2D eigenvalue weighted by molar-refractivity contribution is 8.26. The van der Waals surface area contributed by atoms with Gasteiger partial charge in [-0.2, -0.15) is 0 Å². The van der Waals surface area contributed by atoms with Crippen molar-refractivity contribution in [3.8, 4) is 5.75 Å². The molecule has 1 amide bonds. The van der Waals surface area contributed by atoms with Gasteiger partial charge >= 0.3 is 0 Å². The number of nitrogens with zero attached hydrogens (tertiary/aromatic N) is 3. The van der Waals surface area contributed by atoms with Crippen molar-refractivity contribution in [3.05, 3.63) is 74.5 Å². The van der Waals surface area contributed by atoms with Gasteiger partial charge in [0.1, 0.15) is 21.5 Å². The van der Waals surface area contributed by atoms with Gasteiger partial charge in [0.05, 0.1) is 17.6 Å². The number of thioether (sulfide) groups is 1. The highest BCUT2D eigenvalue weighted by Gasteiger charge is 2.32. The van der Waals surface area contributed by atoms with Gasteiger partial charge in [-0.15, -0.1) is 0 Å². The third-order valence-electron chi connectivity index (χ3n) is 5.28. The Kier molecular flexibility index (Phi) is 6.80. The van der Waals surface area contributed by atoms with Gasteiger partial charge in [-0.05, 0) is 55.7 Å². The molecule has 4 rings (SSSR count). The van der Waals surface area contributed by atoms with Crippen LogP contribution in [0.4, 0.5) is 5.82 Å². The first-order valence-corrected chi connectivity index (χ1v) is 11.8. The van der Waals surface area contributed by atoms with Crippen molar-refractivity contribution in [1.82, 2.24) is 14.3 Å². The van der Waals surface area contributed by atoms with Crippen LogP contribution in [0.2, 0.25) is 0 Å². The van der Waals surface area contributed by atoms with E-state index in [-0.39, 0.29) is 11.5 Å². The van der Waals surface area contributed by atoms with Crippen LogP contribution in [0, 0.1) is 6.92 Å². The van der Waals surface area contributed by atoms with Crippen molar-refractivity contribution in [1.29, 1.82) is 0 Å². The smallest absolute Gasteiger partial charge is 0.267 e. The van der Waals surface area contributed by atoms with E-state index in [1.807, 2.05) is 44.2 Å². The number of benzene rings is 1. The van der Waals surface area contributed by atoms with Crippen LogP contribution < -0.4 is 15.6 Å². The van der Waals surface area contributed by atoms with Gasteiger partial charge in [-0.25, -0.2) is 4.98 Å². The van der Waals surface area contributed by atoms with Crippen LogP contribution in [-0.2, 0) is 11.2 Å². The molecule has 9 heteroatoms. The second kappa shape index (κ2) is 9.76. The van der Waals surface area contributed by atoms with E-state index >= 15 is 0 Å². The number of anilines is 1. The van der Waals surface area contributed by atoms with Crippen LogP contribution >= 0.6 is 24.0 Å². The summed E-state index contributed by atoms with van der Waals surface area (Å²) in [7, 11) is 1.63. The molecule has 0 saturated carbocycles. The summed E-state index contributed by atoms with van der Waals surface area (Å²) >= 11 is 6.68. The Morgan fingerprint density at radius 1 is 1.18 bits per heavy atom. The molecule has 0 aliphatic carbocycles. The molecule has 7 nitrogen and oxygen atoms in total. The van der Waals surface area contributed by atoms with E-state index in [9.17, 15) is 9.59 Å². The summed E-state index contributed by atoms with van der Waals surface area (Å²) in [4.78, 5) is 33.0. The minimum absolute atomic E-state index is 0.199. The molecule has 3 aromatic rings. The molecule has 1 aliphatic heterocycles. The molecule has 2 aromatic heterocycles. The molecule has 170 valence electrons. The fourth-order valence-corrected chi connectivity index (χ4v) is 4.84. The van der Waals surface area contributed by atoms with E-state index < -0.39 is 0 Å². The number of aryl methyl sites for hydroxylation is 1. The molecule has 3 heterocycles. The van der Waals surface area contributed by atoms with Crippen molar-refractivity contribution in [2.45, 2.75) is 20.3 Å². The third-order valence-corrected chi connectivity index (χ3v) is 6.66. The predicted octanol–water partition coefficient (Wildman–Crippen LogP) is 3.89. The van der Waals surface area contributed by atoms with E-state index in [0.717, 1.165) is 16.9 Å². The number of fused-ring (bicyclic) bond motifs is 1. The van der Waals surface area contributed by atoms with Crippen LogP contribution in [0.25, 0.3) is 11.7 Å². The SMILES string of the molecule is CCNc1nc2ccc(C)cn2c(=O)c1/C=C1\SC(=S)N(CCc2ccc(OC)cc2)C1=O. The van der Waals surface area contributed by atoms with Gasteiger partial charge in [-0.3, -0.25) is 18.9 Å². The summed E-state index contributed by atoms with van der Waals surface area (Å²) in [5.74, 6) is 1.04. The summed E-state index contributed by atoms with van der Waals surface area (Å²) in [6.45, 7) is 4.90. The lowest BCUT2D eigenvalue weighted by Crippen LogP contribution is -2.30. The zero-order valence-electron chi connectivity index (χ0n) is 18.6. The number of rotatable bonds is 7. The summed E-state index contributed by atoms with van der Waals surface area (Å²) in [6, 6.07) is 11.4. The average molecular weight is 481 g/mol. The minimum Gasteiger partial charge on any atom is -0.497 e. The minimum atomic E-state index is -0.233. The second-order valence-corrected chi connectivity index (χ2v) is 9.25. The molecular formula is C24H24N4O3S2. The van der Waals surface area contributed by atoms with E-state index in [1.165, 1.54) is 16.2 Å². The Morgan fingerprint density at radius 2 is 1.94 bits per heavy atom. The number of hydrogen-bond donors (Lipinski definition) is 1. The summed E-state index contributed by atoms with van der Waals surface area (Å²) in [6.07, 6.45) is 4.01. The quantitative estimate of drug-likeness (QED) is 0.406. The van der Waals surface area contributed by atoms with Crippen molar-refractivity contribution < 1.29 is 9.53 Å². The standard InChI is InChI=1S/C24H24N4O3S2/c1-4-25-21-18(22(29)28-14-15(2)5-10-20(28)26-21)13-19-23(30)27(24(32)33-19)12-11-16-6-8-17(31-3)9-7-16/h5-10,13-14,25H,4,11-12H2,1-3H3/b19-13-. The highest BCUT2D eigenvalue weighted by Crippen LogP contribution is 2.33. The number of aromatic nitrogens is 2. The lowest BCUT2D eigenvalue weighted by molar-refractivity contribution is -0.122. The van der Waals surface area contributed by atoms with E-state index in [1.54, 1.807) is 30.3 Å². The number of carbonyl (C=O) groups is 1. The lowest BCUT2D eigenvalue weighted by Gasteiger charge is -2.14. The van der Waals surface area contributed by atoms with E-state index in [0.29, 0.717) is 45.8 Å². The van der Waals surface area contributed by atoms with Gasteiger partial charge in [0.25, 0.3) is 11.5 Å². The number of pyridine rings is 1. The first-order chi connectivity index (χ1) is 15.9. The van der Waals surface area contributed by atoms with Crippen LogP contribution in [0.15, 0.2) is 52.3 Å². The predicted molar refractivity (Wildman–Crippen MR) is 137 cm³/mol. The molecule has 1 aliphatic rings. The van der Waals surface area contributed by atoms with Crippen molar-refractivity contribution in [3.63, 3.8) is 0 Å². The maximum Gasteiger partial charge on any atom is 0.267 e. The van der Waals surface area contributed by atoms with E-state index in [4.69, 9.17) is 17.0 Å². The molecule has 33 heavy (non-hydrogen) atoms. The summed E-state index contributed by atoms with van der Waals surface area (Å²) in [5, 5.41) is 3.14. The zero-order chi connectivity index (χ0) is 23.5. The number of amides is 1. The van der Waals surface area contributed by atoms with Crippen molar-refractivity contribution >= 4 is 51.7 Å². The van der Waals surface area contributed by atoms with Crippen LogP contribution in [0.3, 0.4) is 0 Å². The molecule has 0 radical (unpaired) electrons. The summed E-state index contributed by atoms with van der Waals surface area (Å²) in [5.41, 5.74) is 2.68. The second-order valence-electron chi connectivity index (χ2n) is 7.58. The monoisotopic (exact) mass is 480 g/mol. The van der Waals surface area contributed by atoms with Gasteiger partial charge in [0.2, 0.25) is 0 Å². The van der Waals surface area contributed by atoms with Crippen molar-refractivity contribution in [2.75, 3.05) is 25.5 Å². The molecule has 0 spiro atoms. The van der Waals surface area contributed by atoms with Crippen LogP contribution in [0.1, 0.15) is 23.6 Å². The normalized spacial score (nSPS) is 15.0. The Bertz CT molecular complexity index is 1320. The number of thiocarbonyl (C=S) groups is 1. The number of methoxy groups -OCH3 is 1. The Balaban J connectivity index is 1.63. The molecule has 0 bridgehead atoms. The molecule has 0 atom stereocenters. The summed E-state index contributed by atoms with van der Waals surface area (Å²) < 4.78 is 7.18. The molecular weight excluding hydrogens is 456 g/mol. The molecule has 1 fully saturated rings. The number of hydrogen-bond acceptors (Lipinski definition) is 7. The maximum atomic E-state index is 13.3. The van der Waals surface area contributed by atoms with Gasteiger partial charge < -0.3 is 10.1 Å². The number of carbonyl (C=O) groups excluding carboxylic acids is 1. The zero-order valence-corrected chi connectivity index (χ0v) is 20.3. The van der Waals surface area contributed by atoms with E-state index in [2.05, 4.69) is 10.3 Å². The fraction of sp³-hybridized carbons (Fsp3) is 0.250. The van der Waals surface area contributed by atoms with Gasteiger partial charge in [-0.1, -0.05) is 42.2 Å². The first kappa shape index (κ1) is 23.0. The number of nitrogens with one attached hydrogen (secondary N) is 1. The highest BCUT2D eigenvalue weighted by atomic mass is 32.2. The fourth-order valence-electron chi connectivity index (χ4n) is 3.55. The van der Waals surface area contributed by atoms with Gasteiger partial charge in [0, 0.05) is 19.3 Å². The molecule has 1 N–H and O–H groups in total. The Labute approximate surface area is 201 Å².